The van der Waals surface area contributed by atoms with Crippen molar-refractivity contribution in [3.05, 3.63) is 20.8 Å². The molecule has 0 atom stereocenters. The number of carbonyl (C=O) groups excluding carboxylic acids is 2. The lowest BCUT2D eigenvalue weighted by atomic mass is 10.4. The molecule has 0 radical (unpaired) electrons. The number of hydrogen-bond donors (Lipinski definition) is 1. The molecule has 27 heavy (non-hydrogen) atoms. The van der Waals surface area contributed by atoms with E-state index >= 15 is 0 Å². The van der Waals surface area contributed by atoms with Crippen LogP contribution in [0.25, 0.3) is 10.3 Å². The summed E-state index contributed by atoms with van der Waals surface area (Å²) in [7, 11) is 1.37. The van der Waals surface area contributed by atoms with Crippen molar-refractivity contribution in [1.82, 2.24) is 19.4 Å². The molecule has 0 aromatic carbocycles. The minimum absolute atomic E-state index is 0.196. The van der Waals surface area contributed by atoms with Gasteiger partial charge in [-0.3, -0.25) is 23.5 Å². The Kier molecular flexibility index (Phi) is 5.59. The van der Waals surface area contributed by atoms with E-state index in [4.69, 9.17) is 4.74 Å². The van der Waals surface area contributed by atoms with Crippen molar-refractivity contribution in [2.45, 2.75) is 26.3 Å². The van der Waals surface area contributed by atoms with Gasteiger partial charge in [0.05, 0.1) is 6.61 Å². The van der Waals surface area contributed by atoms with Crippen LogP contribution in [0.2, 0.25) is 0 Å². The fourth-order valence-corrected chi connectivity index (χ4v) is 4.00. The summed E-state index contributed by atoms with van der Waals surface area (Å²) in [6.07, 6.45) is 2.11. The zero-order valence-corrected chi connectivity index (χ0v) is 16.0. The molecule has 1 aliphatic rings. The molecule has 0 aliphatic carbocycles. The lowest BCUT2D eigenvalue weighted by molar-refractivity contribution is -0.143. The molecule has 3 rings (SSSR count). The Labute approximate surface area is 158 Å². The quantitative estimate of drug-likeness (QED) is 0.652. The number of aromatic nitrogens is 3. The van der Waals surface area contributed by atoms with Crippen LogP contribution < -0.4 is 21.5 Å². The van der Waals surface area contributed by atoms with E-state index in [1.807, 2.05) is 0 Å². The van der Waals surface area contributed by atoms with Gasteiger partial charge in [-0.2, -0.15) is 0 Å². The molecule has 1 saturated heterocycles. The topological polar surface area (TPSA) is 116 Å². The number of rotatable bonds is 6. The van der Waals surface area contributed by atoms with Gasteiger partial charge in [0.15, 0.2) is 10.8 Å². The van der Waals surface area contributed by atoms with Gasteiger partial charge in [0.1, 0.15) is 17.8 Å². The summed E-state index contributed by atoms with van der Waals surface area (Å²) < 4.78 is 7.20. The summed E-state index contributed by atoms with van der Waals surface area (Å²) in [5.41, 5.74) is -0.862. The second kappa shape index (κ2) is 7.91. The standard InChI is InChI=1S/C16H21N5O5S/c1-3-26-11(23)8-17-10(22)9-21-13-12(14(24)19(2)16(21)25)27-15(18-13)20-6-4-5-7-20/h3-9H2,1-2H3,(H,17,22). The number of fused-ring (bicyclic) bond motifs is 1. The predicted octanol–water partition coefficient (Wildman–Crippen LogP) is -0.564. The van der Waals surface area contributed by atoms with Crippen LogP contribution in [0.5, 0.6) is 0 Å². The maximum absolute atomic E-state index is 12.5. The maximum Gasteiger partial charge on any atom is 0.332 e. The third-order valence-electron chi connectivity index (χ3n) is 4.28. The largest absolute Gasteiger partial charge is 0.465 e. The Hall–Kier alpha value is -2.69. The average Bonchev–Trinajstić information content (AvgIpc) is 3.31. The number of nitrogens with one attached hydrogen (secondary N) is 1. The number of amides is 1. The van der Waals surface area contributed by atoms with Crippen molar-refractivity contribution in [3.63, 3.8) is 0 Å². The van der Waals surface area contributed by atoms with Crippen molar-refractivity contribution in [2.75, 3.05) is 31.1 Å². The normalized spacial score (nSPS) is 13.9. The van der Waals surface area contributed by atoms with E-state index in [-0.39, 0.29) is 25.3 Å². The Morgan fingerprint density at radius 1 is 1.26 bits per heavy atom. The van der Waals surface area contributed by atoms with E-state index < -0.39 is 23.1 Å². The Morgan fingerprint density at radius 2 is 1.96 bits per heavy atom. The van der Waals surface area contributed by atoms with Crippen LogP contribution in [0.1, 0.15) is 19.8 Å². The first-order valence-corrected chi connectivity index (χ1v) is 9.51. The highest BCUT2D eigenvalue weighted by atomic mass is 32.1. The van der Waals surface area contributed by atoms with Crippen molar-refractivity contribution in [3.8, 4) is 0 Å². The van der Waals surface area contributed by atoms with E-state index in [9.17, 15) is 19.2 Å². The van der Waals surface area contributed by atoms with Gasteiger partial charge in [0.2, 0.25) is 5.91 Å². The Bertz CT molecular complexity index is 985. The molecule has 1 fully saturated rings. The molecule has 2 aromatic rings. The van der Waals surface area contributed by atoms with Gasteiger partial charge < -0.3 is 15.0 Å². The zero-order chi connectivity index (χ0) is 19.6. The molecule has 10 nitrogen and oxygen atoms in total. The average molecular weight is 395 g/mol. The Morgan fingerprint density at radius 3 is 2.63 bits per heavy atom. The Balaban J connectivity index is 1.91. The van der Waals surface area contributed by atoms with Crippen LogP contribution in [0.4, 0.5) is 5.13 Å². The van der Waals surface area contributed by atoms with Crippen LogP contribution in [0.15, 0.2) is 9.59 Å². The van der Waals surface area contributed by atoms with Gasteiger partial charge in [0, 0.05) is 20.1 Å². The number of anilines is 1. The monoisotopic (exact) mass is 395 g/mol. The minimum Gasteiger partial charge on any atom is -0.465 e. The first-order valence-electron chi connectivity index (χ1n) is 8.70. The van der Waals surface area contributed by atoms with Crippen LogP contribution in [0, 0.1) is 0 Å². The molecule has 0 spiro atoms. The van der Waals surface area contributed by atoms with Crippen LogP contribution >= 0.6 is 11.3 Å². The van der Waals surface area contributed by atoms with Gasteiger partial charge in [-0.1, -0.05) is 11.3 Å². The van der Waals surface area contributed by atoms with Crippen LogP contribution in [-0.2, 0) is 27.9 Å². The van der Waals surface area contributed by atoms with E-state index in [0.717, 1.165) is 35.1 Å². The number of ether oxygens (including phenoxy) is 1. The first kappa shape index (κ1) is 19.1. The molecule has 11 heteroatoms. The van der Waals surface area contributed by atoms with Crippen LogP contribution in [-0.4, -0.2) is 52.2 Å². The van der Waals surface area contributed by atoms with E-state index in [0.29, 0.717) is 9.83 Å². The first-order chi connectivity index (χ1) is 12.9. The number of thiazole rings is 1. The summed E-state index contributed by atoms with van der Waals surface area (Å²) in [5.74, 6) is -1.10. The van der Waals surface area contributed by atoms with Gasteiger partial charge in [-0.05, 0) is 19.8 Å². The molecule has 0 saturated carbocycles. The van der Waals surface area contributed by atoms with Crippen LogP contribution in [0.3, 0.4) is 0 Å². The molecule has 1 amide bonds. The van der Waals surface area contributed by atoms with Gasteiger partial charge >= 0.3 is 11.7 Å². The second-order valence-corrected chi connectivity index (χ2v) is 7.14. The summed E-state index contributed by atoms with van der Waals surface area (Å²) in [5, 5.41) is 3.08. The molecule has 2 aromatic heterocycles. The zero-order valence-electron chi connectivity index (χ0n) is 15.2. The van der Waals surface area contributed by atoms with Crippen molar-refractivity contribution in [2.24, 2.45) is 7.05 Å². The molecule has 0 unspecified atom stereocenters. The summed E-state index contributed by atoms with van der Waals surface area (Å²) in [6.45, 7) is 2.96. The minimum atomic E-state index is -0.628. The van der Waals surface area contributed by atoms with Crippen molar-refractivity contribution < 1.29 is 14.3 Å². The SMILES string of the molecule is CCOC(=O)CNC(=O)Cn1c(=O)n(C)c(=O)c2sc(N3CCCC3)nc21. The van der Waals surface area contributed by atoms with E-state index in [1.54, 1.807) is 6.92 Å². The smallest absolute Gasteiger partial charge is 0.332 e. The number of esters is 1. The third kappa shape index (κ3) is 3.87. The molecule has 146 valence electrons. The predicted molar refractivity (Wildman–Crippen MR) is 100 cm³/mol. The maximum atomic E-state index is 12.5. The van der Waals surface area contributed by atoms with Gasteiger partial charge in [-0.15, -0.1) is 0 Å². The summed E-state index contributed by atoms with van der Waals surface area (Å²) in [4.78, 5) is 55.0. The number of carbonyl (C=O) groups is 2. The molecule has 1 N–H and O–H groups in total. The highest BCUT2D eigenvalue weighted by molar-refractivity contribution is 7.22. The fraction of sp³-hybridized carbons (Fsp3) is 0.562. The third-order valence-corrected chi connectivity index (χ3v) is 5.38. The lowest BCUT2D eigenvalue weighted by Crippen LogP contribution is -2.42. The van der Waals surface area contributed by atoms with E-state index in [1.165, 1.54) is 18.4 Å². The molecule has 3 heterocycles. The van der Waals surface area contributed by atoms with Crippen molar-refractivity contribution >= 4 is 38.7 Å². The number of hydrogen-bond acceptors (Lipinski definition) is 8. The van der Waals surface area contributed by atoms with Crippen molar-refractivity contribution in [1.29, 1.82) is 0 Å². The van der Waals surface area contributed by atoms with E-state index in [2.05, 4.69) is 15.2 Å². The highest BCUT2D eigenvalue weighted by Gasteiger charge is 2.22. The molecule has 1 aliphatic heterocycles. The fourth-order valence-electron chi connectivity index (χ4n) is 2.90. The van der Waals surface area contributed by atoms with Gasteiger partial charge in [-0.25, -0.2) is 9.78 Å². The molecule has 0 bridgehead atoms. The van der Waals surface area contributed by atoms with Gasteiger partial charge in [0.25, 0.3) is 5.56 Å². The lowest BCUT2D eigenvalue weighted by Gasteiger charge is -2.12. The second-order valence-electron chi connectivity index (χ2n) is 6.16. The summed E-state index contributed by atoms with van der Waals surface area (Å²) >= 11 is 1.23. The highest BCUT2D eigenvalue weighted by Crippen LogP contribution is 2.28. The summed E-state index contributed by atoms with van der Waals surface area (Å²) in [6, 6.07) is 0. The molecular formula is C16H21N5O5S. The number of nitrogens with zero attached hydrogens (tertiary/aromatic N) is 4. The molecular weight excluding hydrogens is 374 g/mol.